The van der Waals surface area contributed by atoms with Gasteiger partial charge in [0.05, 0.1) is 37.6 Å². The first-order valence-electron chi connectivity index (χ1n) is 31.1. The summed E-state index contributed by atoms with van der Waals surface area (Å²) in [5, 5.41) is 0. The third-order valence-corrected chi connectivity index (χ3v) is 15.3. The lowest BCUT2D eigenvalue weighted by molar-refractivity contribution is -0.167. The van der Waals surface area contributed by atoms with Crippen LogP contribution >= 0.6 is 0 Å². The van der Waals surface area contributed by atoms with Gasteiger partial charge in [0, 0.05) is 0 Å². The maximum absolute atomic E-state index is 13.6. The molecule has 408 valence electrons. The minimum Gasteiger partial charge on any atom is -0.465 e. The van der Waals surface area contributed by atoms with E-state index in [4.69, 9.17) is 14.2 Å². The summed E-state index contributed by atoms with van der Waals surface area (Å²) in [6.45, 7) is 15.1. The average Bonchev–Trinajstić information content (AvgIpc) is 3.32. The van der Waals surface area contributed by atoms with E-state index in [1.54, 1.807) is 0 Å². The van der Waals surface area contributed by atoms with Gasteiger partial charge in [0.25, 0.3) is 0 Å². The summed E-state index contributed by atoms with van der Waals surface area (Å²) < 4.78 is 17.4. The second-order valence-corrected chi connectivity index (χ2v) is 23.6. The zero-order valence-corrected chi connectivity index (χ0v) is 47.4. The summed E-state index contributed by atoms with van der Waals surface area (Å²) in [5.74, 6) is 0.0912. The largest absolute Gasteiger partial charge is 0.465 e. The molecule has 0 N–H and O–H groups in total. The van der Waals surface area contributed by atoms with Crippen molar-refractivity contribution in [1.29, 1.82) is 0 Å². The topological polar surface area (TPSA) is 78.9 Å². The number of ether oxygens (including phenoxy) is 3. The molecule has 3 atom stereocenters. The van der Waals surface area contributed by atoms with Crippen LogP contribution in [0.25, 0.3) is 0 Å². The van der Waals surface area contributed by atoms with Crippen LogP contribution in [0.1, 0.15) is 330 Å². The highest BCUT2D eigenvalue weighted by Gasteiger charge is 2.43. The summed E-state index contributed by atoms with van der Waals surface area (Å²) >= 11 is 0. The van der Waals surface area contributed by atoms with Crippen molar-refractivity contribution in [2.45, 2.75) is 330 Å². The smallest absolute Gasteiger partial charge is 0.309 e. The quantitative estimate of drug-likeness (QED) is 0.0343. The second-order valence-electron chi connectivity index (χ2n) is 23.6. The Balaban J connectivity index is 2.36. The van der Waals surface area contributed by atoms with Gasteiger partial charge in [0.2, 0.25) is 0 Å². The minimum atomic E-state index is -0.650. The summed E-state index contributed by atoms with van der Waals surface area (Å²) in [4.78, 5) is 40.4. The van der Waals surface area contributed by atoms with Crippen molar-refractivity contribution in [3.05, 3.63) is 0 Å². The van der Waals surface area contributed by atoms with Crippen molar-refractivity contribution in [3.8, 4) is 0 Å². The molecule has 1 fully saturated rings. The Morgan fingerprint density at radius 3 is 0.768 bits per heavy atom. The van der Waals surface area contributed by atoms with Crippen LogP contribution < -0.4 is 0 Å². The van der Waals surface area contributed by atoms with Crippen LogP contribution in [0, 0.1) is 35.5 Å². The van der Waals surface area contributed by atoms with E-state index in [1.807, 2.05) is 0 Å². The van der Waals surface area contributed by atoms with Crippen LogP contribution in [-0.4, -0.2) is 37.7 Å². The van der Waals surface area contributed by atoms with Crippen LogP contribution in [0.15, 0.2) is 0 Å². The lowest BCUT2D eigenvalue weighted by Crippen LogP contribution is -2.40. The Morgan fingerprint density at radius 2 is 0.507 bits per heavy atom. The minimum absolute atomic E-state index is 0.218. The van der Waals surface area contributed by atoms with E-state index in [9.17, 15) is 14.4 Å². The fourth-order valence-electron chi connectivity index (χ4n) is 10.6. The number of hydrogen-bond donors (Lipinski definition) is 0. The predicted molar refractivity (Wildman–Crippen MR) is 296 cm³/mol. The highest BCUT2D eigenvalue weighted by atomic mass is 16.5. The Hall–Kier alpha value is -1.59. The number of esters is 3. The summed E-state index contributed by atoms with van der Waals surface area (Å²) in [7, 11) is 0. The maximum Gasteiger partial charge on any atom is 0.309 e. The SMILES string of the molecule is CC(C)CCCCCCCCCCCCCCCOC(=O)C1CCC(C(=O)OCCCCCCCCCCCCCCCC(C)C)C(C(=O)OCCCCCCCCCCCCCCCC(C)C)C1. The molecule has 0 aromatic heterocycles. The molecule has 69 heavy (non-hydrogen) atoms. The molecule has 1 aliphatic rings. The molecule has 0 aliphatic heterocycles. The molecule has 3 unspecified atom stereocenters. The van der Waals surface area contributed by atoms with Gasteiger partial charge < -0.3 is 14.2 Å². The third-order valence-electron chi connectivity index (χ3n) is 15.3. The van der Waals surface area contributed by atoms with Gasteiger partial charge >= 0.3 is 17.9 Å². The Bertz CT molecular complexity index is 1130. The van der Waals surface area contributed by atoms with E-state index in [2.05, 4.69) is 41.5 Å². The third kappa shape index (κ3) is 42.6. The summed E-state index contributed by atoms with van der Waals surface area (Å²) in [5.41, 5.74) is 0. The zero-order valence-electron chi connectivity index (χ0n) is 47.4. The Labute approximate surface area is 430 Å². The fraction of sp³-hybridized carbons (Fsp3) is 0.952. The van der Waals surface area contributed by atoms with Crippen molar-refractivity contribution in [3.63, 3.8) is 0 Å². The first kappa shape index (κ1) is 65.4. The van der Waals surface area contributed by atoms with Gasteiger partial charge in [-0.2, -0.15) is 0 Å². The normalized spacial score (nSPS) is 16.2. The number of unbranched alkanes of at least 4 members (excludes halogenated alkanes) is 36. The van der Waals surface area contributed by atoms with Gasteiger partial charge in [-0.15, -0.1) is 0 Å². The molecule has 0 radical (unpaired) electrons. The van der Waals surface area contributed by atoms with E-state index in [0.717, 1.165) is 62.7 Å². The molecule has 1 aliphatic carbocycles. The molecule has 6 nitrogen and oxygen atoms in total. The maximum atomic E-state index is 13.6. The highest BCUT2D eigenvalue weighted by molar-refractivity contribution is 5.83. The fourth-order valence-corrected chi connectivity index (χ4v) is 10.6. The molecule has 0 spiro atoms. The van der Waals surface area contributed by atoms with Gasteiger partial charge in [-0.05, 0) is 56.3 Å². The van der Waals surface area contributed by atoms with Gasteiger partial charge in [0.1, 0.15) is 0 Å². The standard InChI is InChI=1S/C63H120O6/c1-55(2)46-40-34-28-22-16-10-7-13-19-25-31-37-43-51-67-61(64)58-49-50-59(62(65)68-52-44-38-32-26-20-14-8-11-17-23-29-35-41-47-56(3)4)60(54-58)63(66)69-53-45-39-33-27-21-15-9-12-18-24-30-36-42-48-57(5)6/h55-60H,7-54H2,1-6H3. The molecule has 6 heteroatoms. The van der Waals surface area contributed by atoms with Crippen molar-refractivity contribution < 1.29 is 28.6 Å². The van der Waals surface area contributed by atoms with E-state index < -0.39 is 11.8 Å². The van der Waals surface area contributed by atoms with E-state index in [0.29, 0.717) is 39.1 Å². The molecule has 0 heterocycles. The zero-order chi connectivity index (χ0) is 50.3. The molecular formula is C63H120O6. The predicted octanol–water partition coefficient (Wildman–Crippen LogP) is 20.0. The van der Waals surface area contributed by atoms with E-state index in [-0.39, 0.29) is 23.8 Å². The van der Waals surface area contributed by atoms with E-state index in [1.165, 1.54) is 225 Å². The summed E-state index contributed by atoms with van der Waals surface area (Å²) in [6.07, 6.45) is 55.4. The van der Waals surface area contributed by atoms with Crippen molar-refractivity contribution in [2.24, 2.45) is 35.5 Å². The van der Waals surface area contributed by atoms with Crippen molar-refractivity contribution >= 4 is 17.9 Å². The summed E-state index contributed by atoms with van der Waals surface area (Å²) in [6, 6.07) is 0. The molecule has 1 saturated carbocycles. The molecule has 0 saturated heterocycles. The molecular weight excluding hydrogens is 853 g/mol. The van der Waals surface area contributed by atoms with Gasteiger partial charge in [0.15, 0.2) is 0 Å². The highest BCUT2D eigenvalue weighted by Crippen LogP contribution is 2.37. The average molecular weight is 974 g/mol. The number of carbonyl (C=O) groups is 3. The second kappa shape index (κ2) is 48.7. The number of rotatable bonds is 51. The molecule has 0 aromatic carbocycles. The monoisotopic (exact) mass is 973 g/mol. The van der Waals surface area contributed by atoms with Gasteiger partial charge in [-0.1, -0.05) is 292 Å². The Morgan fingerprint density at radius 1 is 0.290 bits per heavy atom. The van der Waals surface area contributed by atoms with Crippen molar-refractivity contribution in [2.75, 3.05) is 19.8 Å². The van der Waals surface area contributed by atoms with E-state index >= 15 is 0 Å². The molecule has 0 amide bonds. The van der Waals surface area contributed by atoms with Crippen LogP contribution in [0.3, 0.4) is 0 Å². The molecule has 1 rings (SSSR count). The first-order valence-corrected chi connectivity index (χ1v) is 31.1. The number of hydrogen-bond acceptors (Lipinski definition) is 6. The van der Waals surface area contributed by atoms with Crippen LogP contribution in [0.5, 0.6) is 0 Å². The van der Waals surface area contributed by atoms with Crippen LogP contribution in [0.4, 0.5) is 0 Å². The van der Waals surface area contributed by atoms with Gasteiger partial charge in [-0.3, -0.25) is 14.4 Å². The molecule has 0 bridgehead atoms. The lowest BCUT2D eigenvalue weighted by Gasteiger charge is -2.32. The van der Waals surface area contributed by atoms with Crippen molar-refractivity contribution in [1.82, 2.24) is 0 Å². The Kier molecular flexibility index (Phi) is 46.1. The molecule has 0 aromatic rings. The number of carbonyl (C=O) groups excluding carboxylic acids is 3. The van der Waals surface area contributed by atoms with Crippen LogP contribution in [-0.2, 0) is 28.6 Å². The van der Waals surface area contributed by atoms with Crippen LogP contribution in [0.2, 0.25) is 0 Å². The first-order chi connectivity index (χ1) is 33.6. The lowest BCUT2D eigenvalue weighted by atomic mass is 9.74. The van der Waals surface area contributed by atoms with Gasteiger partial charge in [-0.25, -0.2) is 0 Å².